The predicted octanol–water partition coefficient (Wildman–Crippen LogP) is 3.14. The third-order valence-electron chi connectivity index (χ3n) is 4.63. The molecule has 28 heavy (non-hydrogen) atoms. The Kier molecular flexibility index (Phi) is 6.80. The Bertz CT molecular complexity index is 724. The summed E-state index contributed by atoms with van der Waals surface area (Å²) in [5.41, 5.74) is 1.55. The molecule has 1 aliphatic rings. The third kappa shape index (κ3) is 5.30. The van der Waals surface area contributed by atoms with Gasteiger partial charge in [-0.15, -0.1) is 0 Å². The van der Waals surface area contributed by atoms with Crippen LogP contribution < -0.4 is 14.8 Å². The highest BCUT2D eigenvalue weighted by Crippen LogP contribution is 2.33. The molecule has 1 heterocycles. The van der Waals surface area contributed by atoms with Crippen LogP contribution in [0.1, 0.15) is 45.7 Å². The van der Waals surface area contributed by atoms with Crippen molar-refractivity contribution in [2.75, 3.05) is 20.8 Å². The van der Waals surface area contributed by atoms with E-state index in [1.165, 1.54) is 0 Å². The molecule has 1 aromatic carbocycles. The molecule has 7 heteroatoms. The van der Waals surface area contributed by atoms with Gasteiger partial charge in [-0.05, 0) is 56.4 Å². The van der Waals surface area contributed by atoms with E-state index in [0.29, 0.717) is 24.6 Å². The Morgan fingerprint density at radius 2 is 1.64 bits per heavy atom. The van der Waals surface area contributed by atoms with Gasteiger partial charge in [-0.25, -0.2) is 4.79 Å². The van der Waals surface area contributed by atoms with Crippen molar-refractivity contribution in [3.63, 3.8) is 0 Å². The lowest BCUT2D eigenvalue weighted by Gasteiger charge is -2.34. The fraction of sp³-hybridized carbons (Fsp3) is 0.619. The maximum atomic E-state index is 13.1. The second kappa shape index (κ2) is 8.71. The SMILES string of the molecule is COc1cc2c(cc1OC)CN(C(=O)C(NC(=O)OC(C)(C)C)C(C)C)CC2. The van der Waals surface area contributed by atoms with E-state index in [-0.39, 0.29) is 11.8 Å². The highest BCUT2D eigenvalue weighted by atomic mass is 16.6. The number of ether oxygens (including phenoxy) is 3. The number of methoxy groups -OCH3 is 2. The number of nitrogens with zero attached hydrogens (tertiary/aromatic N) is 1. The quantitative estimate of drug-likeness (QED) is 0.833. The molecule has 0 bridgehead atoms. The summed E-state index contributed by atoms with van der Waals surface area (Å²) in [7, 11) is 3.20. The molecule has 0 aliphatic carbocycles. The first kappa shape index (κ1) is 21.9. The number of carbonyl (C=O) groups is 2. The second-order valence-electron chi connectivity index (χ2n) is 8.35. The molecule has 0 aromatic heterocycles. The molecule has 7 nitrogen and oxygen atoms in total. The van der Waals surface area contributed by atoms with Crippen LogP contribution in [0.25, 0.3) is 0 Å². The summed E-state index contributed by atoms with van der Waals surface area (Å²) in [5, 5.41) is 2.74. The molecule has 2 amide bonds. The lowest BCUT2D eigenvalue weighted by molar-refractivity contribution is -0.135. The smallest absolute Gasteiger partial charge is 0.408 e. The number of rotatable bonds is 5. The topological polar surface area (TPSA) is 77.1 Å². The van der Waals surface area contributed by atoms with Gasteiger partial charge < -0.3 is 24.4 Å². The number of carbonyl (C=O) groups excluding carboxylic acids is 2. The molecule has 0 fully saturated rings. The minimum absolute atomic E-state index is 0.0631. The van der Waals surface area contributed by atoms with Crippen molar-refractivity contribution in [1.82, 2.24) is 10.2 Å². The number of alkyl carbamates (subject to hydrolysis) is 1. The van der Waals surface area contributed by atoms with Crippen molar-refractivity contribution in [3.8, 4) is 11.5 Å². The molecule has 0 spiro atoms. The normalized spacial score (nSPS) is 14.9. The predicted molar refractivity (Wildman–Crippen MR) is 107 cm³/mol. The molecule has 156 valence electrons. The first-order valence-electron chi connectivity index (χ1n) is 9.57. The molecular formula is C21H32N2O5. The first-order valence-corrected chi connectivity index (χ1v) is 9.57. The number of amides is 2. The average Bonchev–Trinajstić information content (AvgIpc) is 2.62. The fourth-order valence-electron chi connectivity index (χ4n) is 3.22. The second-order valence-corrected chi connectivity index (χ2v) is 8.35. The van der Waals surface area contributed by atoms with Crippen LogP contribution >= 0.6 is 0 Å². The van der Waals surface area contributed by atoms with Gasteiger partial charge in [0.1, 0.15) is 11.6 Å². The van der Waals surface area contributed by atoms with Crippen LogP contribution in [-0.4, -0.2) is 49.3 Å². The molecule has 1 unspecified atom stereocenters. The van der Waals surface area contributed by atoms with Crippen LogP contribution in [0.3, 0.4) is 0 Å². The molecule has 1 N–H and O–H groups in total. The van der Waals surface area contributed by atoms with Gasteiger partial charge in [0.25, 0.3) is 0 Å². The summed E-state index contributed by atoms with van der Waals surface area (Å²) in [5.74, 6) is 1.16. The van der Waals surface area contributed by atoms with Gasteiger partial charge in [0.15, 0.2) is 11.5 Å². The maximum absolute atomic E-state index is 13.1. The number of benzene rings is 1. The van der Waals surface area contributed by atoms with Crippen molar-refractivity contribution in [2.45, 2.75) is 59.2 Å². The molecule has 0 radical (unpaired) electrons. The van der Waals surface area contributed by atoms with E-state index in [4.69, 9.17) is 14.2 Å². The summed E-state index contributed by atoms with van der Waals surface area (Å²) in [4.78, 5) is 27.1. The Balaban J connectivity index is 2.15. The van der Waals surface area contributed by atoms with Crippen molar-refractivity contribution >= 4 is 12.0 Å². The van der Waals surface area contributed by atoms with Crippen LogP contribution in [0.15, 0.2) is 12.1 Å². The highest BCUT2D eigenvalue weighted by Gasteiger charge is 2.32. The van der Waals surface area contributed by atoms with E-state index >= 15 is 0 Å². The Hall–Kier alpha value is -2.44. The monoisotopic (exact) mass is 392 g/mol. The maximum Gasteiger partial charge on any atom is 0.408 e. The molecule has 0 saturated carbocycles. The largest absolute Gasteiger partial charge is 0.493 e. The van der Waals surface area contributed by atoms with Gasteiger partial charge in [-0.3, -0.25) is 4.79 Å². The van der Waals surface area contributed by atoms with Gasteiger partial charge in [-0.2, -0.15) is 0 Å². The van der Waals surface area contributed by atoms with E-state index in [0.717, 1.165) is 17.5 Å². The van der Waals surface area contributed by atoms with Crippen molar-refractivity contribution < 1.29 is 23.8 Å². The van der Waals surface area contributed by atoms with Crippen LogP contribution in [0, 0.1) is 5.92 Å². The van der Waals surface area contributed by atoms with E-state index in [9.17, 15) is 9.59 Å². The summed E-state index contributed by atoms with van der Waals surface area (Å²) >= 11 is 0. The van der Waals surface area contributed by atoms with E-state index in [2.05, 4.69) is 5.32 Å². The van der Waals surface area contributed by atoms with E-state index in [1.54, 1.807) is 39.9 Å². The standard InChI is InChI=1S/C21H32N2O5/c1-13(2)18(22-20(25)28-21(3,4)5)19(24)23-9-8-14-10-16(26-6)17(27-7)11-15(14)12-23/h10-11,13,18H,8-9,12H2,1-7H3,(H,22,25). The molecule has 2 rings (SSSR count). The molecule has 0 saturated heterocycles. The van der Waals surface area contributed by atoms with Crippen LogP contribution in [0.5, 0.6) is 11.5 Å². The zero-order valence-corrected chi connectivity index (χ0v) is 17.9. The first-order chi connectivity index (χ1) is 13.1. The Labute approximate surface area is 167 Å². The van der Waals surface area contributed by atoms with E-state index in [1.807, 2.05) is 26.0 Å². The summed E-state index contributed by atoms with van der Waals surface area (Å²) in [6.45, 7) is 10.2. The van der Waals surface area contributed by atoms with Crippen molar-refractivity contribution in [2.24, 2.45) is 5.92 Å². The van der Waals surface area contributed by atoms with E-state index < -0.39 is 17.7 Å². The Morgan fingerprint density at radius 3 is 2.14 bits per heavy atom. The number of nitrogens with one attached hydrogen (secondary N) is 1. The minimum atomic E-state index is -0.642. The fourth-order valence-corrected chi connectivity index (χ4v) is 3.22. The van der Waals surface area contributed by atoms with Gasteiger partial charge >= 0.3 is 6.09 Å². The van der Waals surface area contributed by atoms with Crippen LogP contribution in [0.4, 0.5) is 4.79 Å². The summed E-state index contributed by atoms with van der Waals surface area (Å²) in [6.07, 6.45) is 0.141. The summed E-state index contributed by atoms with van der Waals surface area (Å²) in [6, 6.07) is 3.24. The summed E-state index contributed by atoms with van der Waals surface area (Å²) < 4.78 is 16.1. The number of hydrogen-bond donors (Lipinski definition) is 1. The number of fused-ring (bicyclic) bond motifs is 1. The molecular weight excluding hydrogens is 360 g/mol. The molecule has 1 aliphatic heterocycles. The molecule has 1 atom stereocenters. The highest BCUT2D eigenvalue weighted by molar-refractivity contribution is 5.86. The number of hydrogen-bond acceptors (Lipinski definition) is 5. The molecule has 1 aromatic rings. The van der Waals surface area contributed by atoms with Gasteiger partial charge in [0, 0.05) is 13.1 Å². The van der Waals surface area contributed by atoms with Gasteiger partial charge in [0.05, 0.1) is 14.2 Å². The van der Waals surface area contributed by atoms with Gasteiger partial charge in [0.2, 0.25) is 5.91 Å². The minimum Gasteiger partial charge on any atom is -0.493 e. The van der Waals surface area contributed by atoms with Crippen LogP contribution in [-0.2, 0) is 22.5 Å². The third-order valence-corrected chi connectivity index (χ3v) is 4.63. The Morgan fingerprint density at radius 1 is 1.07 bits per heavy atom. The van der Waals surface area contributed by atoms with Gasteiger partial charge in [-0.1, -0.05) is 13.8 Å². The lowest BCUT2D eigenvalue weighted by atomic mass is 9.96. The zero-order chi connectivity index (χ0) is 21.1. The zero-order valence-electron chi connectivity index (χ0n) is 17.9. The lowest BCUT2D eigenvalue weighted by Crippen LogP contribution is -2.53. The van der Waals surface area contributed by atoms with Crippen molar-refractivity contribution in [1.29, 1.82) is 0 Å². The van der Waals surface area contributed by atoms with Crippen LogP contribution in [0.2, 0.25) is 0 Å². The van der Waals surface area contributed by atoms with Crippen molar-refractivity contribution in [3.05, 3.63) is 23.3 Å². The average molecular weight is 392 g/mol.